The number of benzene rings is 2. The lowest BCUT2D eigenvalue weighted by atomic mass is 9.87. The van der Waals surface area contributed by atoms with Crippen LogP contribution in [0, 0.1) is 0 Å². The average Bonchev–Trinajstić information content (AvgIpc) is 2.60. The smallest absolute Gasteiger partial charge is 0.255 e. The van der Waals surface area contributed by atoms with Gasteiger partial charge in [0.1, 0.15) is 5.75 Å². The van der Waals surface area contributed by atoms with Crippen LogP contribution >= 0.6 is 0 Å². The monoisotopic (exact) mass is 324 g/mol. The molecule has 5 heteroatoms. The molecule has 0 fully saturated rings. The van der Waals surface area contributed by atoms with E-state index in [9.17, 15) is 9.59 Å². The summed E-state index contributed by atoms with van der Waals surface area (Å²) in [4.78, 5) is 23.2. The van der Waals surface area contributed by atoms with Crippen molar-refractivity contribution in [1.29, 1.82) is 0 Å². The number of aryl methyl sites for hydroxylation is 1. The van der Waals surface area contributed by atoms with Gasteiger partial charge in [0.15, 0.2) is 6.61 Å². The molecule has 0 saturated carbocycles. The van der Waals surface area contributed by atoms with Gasteiger partial charge in [-0.1, -0.05) is 24.3 Å². The molecule has 2 aromatic rings. The van der Waals surface area contributed by atoms with E-state index in [-0.39, 0.29) is 18.6 Å². The lowest BCUT2D eigenvalue weighted by molar-refractivity contribution is -0.119. The molecule has 3 rings (SSSR count). The Kier molecular flexibility index (Phi) is 4.79. The molecule has 0 spiro atoms. The fourth-order valence-electron chi connectivity index (χ4n) is 3.00. The first-order chi connectivity index (χ1) is 11.6. The zero-order chi connectivity index (χ0) is 16.9. The Morgan fingerprint density at radius 1 is 1.12 bits per heavy atom. The molecule has 1 atom stereocenters. The van der Waals surface area contributed by atoms with Gasteiger partial charge in [-0.05, 0) is 54.7 Å². The fraction of sp³-hybridized carbons (Fsp3) is 0.263. The number of rotatable bonds is 5. The normalized spacial score (nSPS) is 16.1. The second-order valence-electron chi connectivity index (χ2n) is 5.90. The number of fused-ring (bicyclic) bond motifs is 1. The topological polar surface area (TPSA) is 81.4 Å². The van der Waals surface area contributed by atoms with Crippen LogP contribution in [-0.4, -0.2) is 18.4 Å². The summed E-state index contributed by atoms with van der Waals surface area (Å²) in [6, 6.07) is 15.0. The van der Waals surface area contributed by atoms with Gasteiger partial charge in [-0.15, -0.1) is 0 Å². The van der Waals surface area contributed by atoms with Gasteiger partial charge in [-0.25, -0.2) is 0 Å². The maximum absolute atomic E-state index is 12.5. The molecule has 2 aromatic carbocycles. The van der Waals surface area contributed by atoms with Crippen molar-refractivity contribution in [3.63, 3.8) is 0 Å². The summed E-state index contributed by atoms with van der Waals surface area (Å²) in [5.41, 5.74) is 8.11. The maximum Gasteiger partial charge on any atom is 0.255 e. The van der Waals surface area contributed by atoms with Crippen molar-refractivity contribution in [1.82, 2.24) is 5.32 Å². The Morgan fingerprint density at radius 2 is 1.88 bits per heavy atom. The molecule has 5 nitrogen and oxygen atoms in total. The molecule has 1 aliphatic carbocycles. The highest BCUT2D eigenvalue weighted by atomic mass is 16.5. The zero-order valence-corrected chi connectivity index (χ0v) is 13.3. The molecule has 1 aliphatic rings. The molecule has 0 radical (unpaired) electrons. The third kappa shape index (κ3) is 3.74. The summed E-state index contributed by atoms with van der Waals surface area (Å²) < 4.78 is 5.19. The molecule has 3 N–H and O–H groups in total. The predicted molar refractivity (Wildman–Crippen MR) is 90.7 cm³/mol. The number of ether oxygens (including phenoxy) is 1. The van der Waals surface area contributed by atoms with Crippen LogP contribution in [0.1, 0.15) is 40.4 Å². The molecular formula is C19H20N2O3. The van der Waals surface area contributed by atoms with Crippen LogP contribution in [-0.2, 0) is 11.2 Å². The van der Waals surface area contributed by atoms with Crippen LogP contribution in [0.5, 0.6) is 5.75 Å². The number of carbonyl (C=O) groups excluding carboxylic acids is 2. The molecule has 124 valence electrons. The molecule has 0 bridgehead atoms. The second kappa shape index (κ2) is 7.17. The number of carbonyl (C=O) groups is 2. The number of amides is 2. The maximum atomic E-state index is 12.5. The van der Waals surface area contributed by atoms with E-state index in [1.54, 1.807) is 24.3 Å². The number of primary amides is 1. The van der Waals surface area contributed by atoms with Crippen LogP contribution < -0.4 is 15.8 Å². The first-order valence-electron chi connectivity index (χ1n) is 8.03. The molecule has 0 aliphatic heterocycles. The Hall–Kier alpha value is -2.82. The largest absolute Gasteiger partial charge is 0.484 e. The van der Waals surface area contributed by atoms with Gasteiger partial charge < -0.3 is 15.8 Å². The zero-order valence-electron chi connectivity index (χ0n) is 13.3. The quantitative estimate of drug-likeness (QED) is 0.886. The van der Waals surface area contributed by atoms with E-state index in [2.05, 4.69) is 17.4 Å². The molecule has 24 heavy (non-hydrogen) atoms. The highest BCUT2D eigenvalue weighted by molar-refractivity contribution is 5.94. The van der Waals surface area contributed by atoms with E-state index >= 15 is 0 Å². The van der Waals surface area contributed by atoms with E-state index < -0.39 is 5.91 Å². The first kappa shape index (κ1) is 16.1. The van der Waals surface area contributed by atoms with Crippen LogP contribution in [0.3, 0.4) is 0 Å². The minimum atomic E-state index is -0.534. The lowest BCUT2D eigenvalue weighted by Gasteiger charge is -2.26. The van der Waals surface area contributed by atoms with Crippen LogP contribution in [0.25, 0.3) is 0 Å². The van der Waals surface area contributed by atoms with E-state index in [1.165, 1.54) is 11.1 Å². The van der Waals surface area contributed by atoms with Gasteiger partial charge >= 0.3 is 0 Å². The Morgan fingerprint density at radius 3 is 2.62 bits per heavy atom. The van der Waals surface area contributed by atoms with Crippen LogP contribution in [0.2, 0.25) is 0 Å². The van der Waals surface area contributed by atoms with E-state index in [4.69, 9.17) is 10.5 Å². The summed E-state index contributed by atoms with van der Waals surface area (Å²) >= 11 is 0. The van der Waals surface area contributed by atoms with Gasteiger partial charge in [-0.2, -0.15) is 0 Å². The van der Waals surface area contributed by atoms with E-state index in [0.29, 0.717) is 11.3 Å². The lowest BCUT2D eigenvalue weighted by Crippen LogP contribution is -2.30. The Bertz CT molecular complexity index is 741. The van der Waals surface area contributed by atoms with Crippen LogP contribution in [0.4, 0.5) is 0 Å². The number of hydrogen-bond donors (Lipinski definition) is 2. The van der Waals surface area contributed by atoms with E-state index in [1.807, 2.05) is 12.1 Å². The number of nitrogens with two attached hydrogens (primary N) is 1. The number of hydrogen-bond acceptors (Lipinski definition) is 3. The van der Waals surface area contributed by atoms with Gasteiger partial charge in [-0.3, -0.25) is 9.59 Å². The van der Waals surface area contributed by atoms with Crippen molar-refractivity contribution in [3.05, 3.63) is 65.2 Å². The minimum Gasteiger partial charge on any atom is -0.484 e. The Labute approximate surface area is 140 Å². The van der Waals surface area contributed by atoms with Crippen LogP contribution in [0.15, 0.2) is 48.5 Å². The highest BCUT2D eigenvalue weighted by Gasteiger charge is 2.21. The Balaban J connectivity index is 1.66. The van der Waals surface area contributed by atoms with Gasteiger partial charge in [0.2, 0.25) is 0 Å². The van der Waals surface area contributed by atoms with Crippen molar-refractivity contribution < 1.29 is 14.3 Å². The van der Waals surface area contributed by atoms with Crippen molar-refractivity contribution >= 4 is 11.8 Å². The summed E-state index contributed by atoms with van der Waals surface area (Å²) in [7, 11) is 0. The molecule has 2 amide bonds. The van der Waals surface area contributed by atoms with Crippen molar-refractivity contribution in [3.8, 4) is 5.75 Å². The predicted octanol–water partition coefficient (Wildman–Crippen LogP) is 2.36. The second-order valence-corrected chi connectivity index (χ2v) is 5.90. The van der Waals surface area contributed by atoms with Crippen molar-refractivity contribution in [2.75, 3.05) is 6.61 Å². The molecule has 0 saturated heterocycles. The number of nitrogens with one attached hydrogen (secondary N) is 1. The van der Waals surface area contributed by atoms with Crippen molar-refractivity contribution in [2.45, 2.75) is 25.3 Å². The summed E-state index contributed by atoms with van der Waals surface area (Å²) in [5, 5.41) is 3.11. The van der Waals surface area contributed by atoms with E-state index in [0.717, 1.165) is 19.3 Å². The SMILES string of the molecule is NC(=O)COc1ccc(C(=O)NC2CCCc3ccccc32)cc1. The first-order valence-corrected chi connectivity index (χ1v) is 8.03. The molecular weight excluding hydrogens is 304 g/mol. The highest BCUT2D eigenvalue weighted by Crippen LogP contribution is 2.29. The third-order valence-corrected chi connectivity index (χ3v) is 4.17. The standard InChI is InChI=1S/C19H20N2O3/c20-18(22)12-24-15-10-8-14(9-11-15)19(23)21-17-7-3-5-13-4-1-2-6-16(13)17/h1-2,4,6,8-11,17H,3,5,7,12H2,(H2,20,22)(H,21,23). The third-order valence-electron chi connectivity index (χ3n) is 4.17. The average molecular weight is 324 g/mol. The molecule has 0 heterocycles. The summed E-state index contributed by atoms with van der Waals surface area (Å²) in [6.45, 7) is -0.176. The van der Waals surface area contributed by atoms with Crippen molar-refractivity contribution in [2.24, 2.45) is 5.73 Å². The van der Waals surface area contributed by atoms with Gasteiger partial charge in [0.05, 0.1) is 6.04 Å². The molecule has 1 unspecified atom stereocenters. The summed E-state index contributed by atoms with van der Waals surface area (Å²) in [6.07, 6.45) is 3.08. The fourth-order valence-corrected chi connectivity index (χ4v) is 3.00. The van der Waals surface area contributed by atoms with Gasteiger partial charge in [0.25, 0.3) is 11.8 Å². The summed E-state index contributed by atoms with van der Waals surface area (Å²) in [5.74, 6) is -0.140. The molecule has 0 aromatic heterocycles. The van der Waals surface area contributed by atoms with Gasteiger partial charge in [0, 0.05) is 5.56 Å². The minimum absolute atomic E-state index is 0.0493.